The number of fused-ring (bicyclic) bond motifs is 4. The van der Waals surface area contributed by atoms with E-state index in [0.29, 0.717) is 11.3 Å². The van der Waals surface area contributed by atoms with Crippen LogP contribution in [0.15, 0.2) is 90.1 Å². The van der Waals surface area contributed by atoms with Crippen LogP contribution >= 0.6 is 0 Å². The molecule has 0 saturated heterocycles. The van der Waals surface area contributed by atoms with Gasteiger partial charge in [-0.25, -0.2) is 4.68 Å². The monoisotopic (exact) mass is 432 g/mol. The van der Waals surface area contributed by atoms with E-state index in [1.165, 1.54) is 0 Å². The second kappa shape index (κ2) is 7.56. The normalized spacial score (nSPS) is 14.8. The number of H-pyrrole nitrogens is 1. The fourth-order valence-corrected chi connectivity index (χ4v) is 4.36. The van der Waals surface area contributed by atoms with Crippen molar-refractivity contribution in [2.75, 3.05) is 0 Å². The smallest absolute Gasteiger partial charge is 0.255 e. The molecule has 7 nitrogen and oxygen atoms in total. The molecule has 5 aromatic rings. The Hall–Kier alpha value is -4.52. The third-order valence-corrected chi connectivity index (χ3v) is 5.94. The van der Waals surface area contributed by atoms with Gasteiger partial charge in [-0.3, -0.25) is 9.79 Å². The van der Waals surface area contributed by atoms with Crippen LogP contribution in [0, 0.1) is 6.92 Å². The highest BCUT2D eigenvalue weighted by molar-refractivity contribution is 6.15. The van der Waals surface area contributed by atoms with Gasteiger partial charge in [0.2, 0.25) is 0 Å². The Balaban J connectivity index is 1.51. The number of hydrogen-bond acceptors (Lipinski definition) is 4. The number of nitrogens with one attached hydrogen (secondary N) is 2. The van der Waals surface area contributed by atoms with Crippen molar-refractivity contribution in [3.05, 3.63) is 113 Å². The summed E-state index contributed by atoms with van der Waals surface area (Å²) in [5.74, 6) is -0.216. The Kier molecular flexibility index (Phi) is 4.40. The first kappa shape index (κ1) is 19.2. The largest absolute Gasteiger partial charge is 0.360 e. The lowest BCUT2D eigenvalue weighted by Crippen LogP contribution is -2.29. The predicted molar refractivity (Wildman–Crippen MR) is 127 cm³/mol. The molecule has 1 unspecified atom stereocenters. The van der Waals surface area contributed by atoms with Crippen LogP contribution in [0.1, 0.15) is 39.0 Å². The van der Waals surface area contributed by atoms with Crippen molar-refractivity contribution >= 4 is 22.5 Å². The lowest BCUT2D eigenvalue weighted by Gasteiger charge is -2.15. The van der Waals surface area contributed by atoms with Gasteiger partial charge in [-0.15, -0.1) is 5.10 Å². The third-order valence-electron chi connectivity index (χ3n) is 5.94. The molecule has 1 amide bonds. The Bertz CT molecular complexity index is 1530. The van der Waals surface area contributed by atoms with Crippen LogP contribution in [-0.2, 0) is 0 Å². The van der Waals surface area contributed by atoms with Crippen molar-refractivity contribution < 1.29 is 4.79 Å². The standard InChI is InChI=1S/C26H20N6O/c1-16-24-25(29-26(33)20-15-27-21-13-7-5-11-18(20)21)28-23(17-9-3-2-4-10-17)19-12-6-8-14-22(19)32(24)31-30-16/h2-15,25,27H,1H3,(H,29,33). The lowest BCUT2D eigenvalue weighted by molar-refractivity contribution is 0.0938. The second-order valence-corrected chi connectivity index (χ2v) is 7.96. The zero-order valence-corrected chi connectivity index (χ0v) is 17.9. The number of aliphatic imine (C=N–C) groups is 1. The number of hydrogen-bond donors (Lipinski definition) is 2. The number of carbonyl (C=O) groups is 1. The molecule has 0 aliphatic carbocycles. The van der Waals surface area contributed by atoms with Gasteiger partial charge in [0.25, 0.3) is 5.91 Å². The summed E-state index contributed by atoms with van der Waals surface area (Å²) in [5.41, 5.74) is 6.49. The van der Waals surface area contributed by atoms with Gasteiger partial charge < -0.3 is 10.3 Å². The van der Waals surface area contributed by atoms with Crippen molar-refractivity contribution in [1.29, 1.82) is 0 Å². The van der Waals surface area contributed by atoms with E-state index in [-0.39, 0.29) is 5.91 Å². The number of carbonyl (C=O) groups excluding carboxylic acids is 1. The molecule has 2 N–H and O–H groups in total. The summed E-state index contributed by atoms with van der Waals surface area (Å²) >= 11 is 0. The maximum Gasteiger partial charge on any atom is 0.255 e. The van der Waals surface area contributed by atoms with Crippen LogP contribution in [0.25, 0.3) is 16.6 Å². The van der Waals surface area contributed by atoms with Gasteiger partial charge in [0, 0.05) is 28.2 Å². The molecule has 0 radical (unpaired) electrons. The Labute approximate surface area is 189 Å². The van der Waals surface area contributed by atoms with E-state index in [4.69, 9.17) is 4.99 Å². The second-order valence-electron chi connectivity index (χ2n) is 7.96. The van der Waals surface area contributed by atoms with Crippen molar-refractivity contribution in [3.8, 4) is 5.69 Å². The van der Waals surface area contributed by atoms with Crippen LogP contribution < -0.4 is 5.32 Å². The average Bonchev–Trinajstić information content (AvgIpc) is 3.42. The number of aromatic amines is 1. The fraction of sp³-hybridized carbons (Fsp3) is 0.0769. The molecule has 0 saturated carbocycles. The Morgan fingerprint density at radius 1 is 0.970 bits per heavy atom. The number of aryl methyl sites for hydroxylation is 1. The van der Waals surface area contributed by atoms with Crippen LogP contribution in [0.5, 0.6) is 0 Å². The summed E-state index contributed by atoms with van der Waals surface area (Å²) in [6.45, 7) is 1.88. The fourth-order valence-electron chi connectivity index (χ4n) is 4.36. The molecule has 3 heterocycles. The number of benzene rings is 3. The molecule has 1 aliphatic rings. The molecule has 160 valence electrons. The van der Waals surface area contributed by atoms with Crippen molar-refractivity contribution in [1.82, 2.24) is 25.3 Å². The number of nitrogens with zero attached hydrogens (tertiary/aromatic N) is 4. The number of amides is 1. The number of aromatic nitrogens is 4. The van der Waals surface area contributed by atoms with E-state index in [0.717, 1.165) is 39.1 Å². The molecule has 2 aromatic heterocycles. The summed E-state index contributed by atoms with van der Waals surface area (Å²) in [6.07, 6.45) is 1.07. The maximum atomic E-state index is 13.4. The minimum atomic E-state index is -0.663. The van der Waals surface area contributed by atoms with Crippen LogP contribution in [-0.4, -0.2) is 31.6 Å². The summed E-state index contributed by atoms with van der Waals surface area (Å²) in [6, 6.07) is 25.7. The predicted octanol–water partition coefficient (Wildman–Crippen LogP) is 4.34. The Morgan fingerprint density at radius 3 is 2.61 bits per heavy atom. The van der Waals surface area contributed by atoms with Crippen molar-refractivity contribution in [2.24, 2.45) is 4.99 Å². The van der Waals surface area contributed by atoms with Gasteiger partial charge in [0.1, 0.15) is 5.69 Å². The molecule has 0 fully saturated rings. The van der Waals surface area contributed by atoms with Gasteiger partial charge in [-0.05, 0) is 19.1 Å². The van der Waals surface area contributed by atoms with E-state index in [2.05, 4.69) is 20.6 Å². The van der Waals surface area contributed by atoms with E-state index in [1.807, 2.05) is 85.8 Å². The van der Waals surface area contributed by atoms with E-state index >= 15 is 0 Å². The SMILES string of the molecule is Cc1nnn2c1C(NC(=O)c1c[nH]c3ccccc13)N=C(c1ccccc1)c1ccccc1-2. The molecule has 7 heteroatoms. The topological polar surface area (TPSA) is 88.0 Å². The van der Waals surface area contributed by atoms with Crippen LogP contribution in [0.2, 0.25) is 0 Å². The van der Waals surface area contributed by atoms with Crippen LogP contribution in [0.4, 0.5) is 0 Å². The summed E-state index contributed by atoms with van der Waals surface area (Å²) in [5, 5.41) is 12.7. The van der Waals surface area contributed by atoms with Gasteiger partial charge in [0.05, 0.1) is 22.7 Å². The highest BCUT2D eigenvalue weighted by atomic mass is 16.1. The van der Waals surface area contributed by atoms with E-state index in [9.17, 15) is 4.79 Å². The van der Waals surface area contributed by atoms with Gasteiger partial charge in [0.15, 0.2) is 6.17 Å². The zero-order valence-electron chi connectivity index (χ0n) is 17.9. The van der Waals surface area contributed by atoms with Gasteiger partial charge in [-0.2, -0.15) is 0 Å². The minimum Gasteiger partial charge on any atom is -0.360 e. The highest BCUT2D eigenvalue weighted by Gasteiger charge is 2.29. The molecule has 33 heavy (non-hydrogen) atoms. The van der Waals surface area contributed by atoms with Gasteiger partial charge >= 0.3 is 0 Å². The van der Waals surface area contributed by atoms with E-state index in [1.54, 1.807) is 10.9 Å². The number of rotatable bonds is 3. The molecular weight excluding hydrogens is 412 g/mol. The first-order valence-electron chi connectivity index (χ1n) is 10.7. The summed E-state index contributed by atoms with van der Waals surface area (Å²) < 4.78 is 1.78. The molecule has 0 bridgehead atoms. The maximum absolute atomic E-state index is 13.4. The molecular formula is C26H20N6O. The first-order chi connectivity index (χ1) is 16.2. The lowest BCUT2D eigenvalue weighted by atomic mass is 10.0. The molecule has 3 aromatic carbocycles. The number of para-hydroxylation sites is 2. The highest BCUT2D eigenvalue weighted by Crippen LogP contribution is 2.30. The molecule has 0 spiro atoms. The molecule has 1 aliphatic heterocycles. The quantitative estimate of drug-likeness (QED) is 0.445. The van der Waals surface area contributed by atoms with Crippen molar-refractivity contribution in [3.63, 3.8) is 0 Å². The first-order valence-corrected chi connectivity index (χ1v) is 10.7. The minimum absolute atomic E-state index is 0.216. The molecule has 1 atom stereocenters. The van der Waals surface area contributed by atoms with E-state index < -0.39 is 6.17 Å². The third kappa shape index (κ3) is 3.13. The summed E-state index contributed by atoms with van der Waals surface area (Å²) in [7, 11) is 0. The Morgan fingerprint density at radius 2 is 1.73 bits per heavy atom. The zero-order chi connectivity index (χ0) is 22.4. The van der Waals surface area contributed by atoms with Crippen LogP contribution in [0.3, 0.4) is 0 Å². The molecule has 6 rings (SSSR count). The average molecular weight is 432 g/mol. The summed E-state index contributed by atoms with van der Waals surface area (Å²) in [4.78, 5) is 21.6. The van der Waals surface area contributed by atoms with Crippen molar-refractivity contribution in [2.45, 2.75) is 13.1 Å². The van der Waals surface area contributed by atoms with Gasteiger partial charge in [-0.1, -0.05) is 71.9 Å².